The van der Waals surface area contributed by atoms with Gasteiger partial charge in [0.15, 0.2) is 0 Å². The van der Waals surface area contributed by atoms with E-state index in [1.807, 2.05) is 6.07 Å². The topological polar surface area (TPSA) is 97.2 Å². The lowest BCUT2D eigenvalue weighted by Crippen LogP contribution is -2.58. The van der Waals surface area contributed by atoms with Crippen LogP contribution >= 0.6 is 0 Å². The van der Waals surface area contributed by atoms with E-state index in [1.54, 1.807) is 12.4 Å². The third kappa shape index (κ3) is 4.87. The third-order valence-electron chi connectivity index (χ3n) is 6.54. The second-order valence-corrected chi connectivity index (χ2v) is 8.43. The summed E-state index contributed by atoms with van der Waals surface area (Å²) < 4.78 is 6.06. The number of ether oxygens (including phenoxy) is 1. The molecule has 0 bridgehead atoms. The van der Waals surface area contributed by atoms with Crippen molar-refractivity contribution in [1.29, 1.82) is 0 Å². The van der Waals surface area contributed by atoms with Crippen molar-refractivity contribution < 1.29 is 14.9 Å². The average molecular weight is 407 g/mol. The number of piperidine rings is 1. The molecule has 9 nitrogen and oxygen atoms in total. The van der Waals surface area contributed by atoms with E-state index in [1.165, 1.54) is 0 Å². The van der Waals surface area contributed by atoms with Crippen molar-refractivity contribution in [3.63, 3.8) is 0 Å². The van der Waals surface area contributed by atoms with Crippen molar-refractivity contribution in [2.45, 2.75) is 43.2 Å². The summed E-state index contributed by atoms with van der Waals surface area (Å²) in [5.74, 6) is 0.754. The van der Waals surface area contributed by atoms with Crippen LogP contribution in [0.15, 0.2) is 18.5 Å². The summed E-state index contributed by atoms with van der Waals surface area (Å²) in [6, 6.07) is 2.21. The van der Waals surface area contributed by atoms with Crippen molar-refractivity contribution in [3.8, 4) is 0 Å². The summed E-state index contributed by atoms with van der Waals surface area (Å²) in [6.45, 7) is 6.02. The van der Waals surface area contributed by atoms with Gasteiger partial charge >= 0.3 is 0 Å². The first kappa shape index (κ1) is 20.9. The van der Waals surface area contributed by atoms with Crippen LogP contribution in [-0.2, 0) is 4.74 Å². The van der Waals surface area contributed by atoms with Gasteiger partial charge in [-0.15, -0.1) is 0 Å². The van der Waals surface area contributed by atoms with Crippen LogP contribution in [0.3, 0.4) is 0 Å². The van der Waals surface area contributed by atoms with E-state index >= 15 is 0 Å². The summed E-state index contributed by atoms with van der Waals surface area (Å²) in [4.78, 5) is 15.5. The molecule has 0 saturated carbocycles. The molecule has 3 N–H and O–H groups in total. The molecule has 29 heavy (non-hydrogen) atoms. The lowest BCUT2D eigenvalue weighted by Gasteiger charge is -2.40. The first-order chi connectivity index (χ1) is 14.2. The van der Waals surface area contributed by atoms with E-state index in [-0.39, 0.29) is 18.8 Å². The fraction of sp³-hybridized carbons (Fsp3) is 0.800. The van der Waals surface area contributed by atoms with E-state index in [4.69, 9.17) is 4.74 Å². The zero-order valence-corrected chi connectivity index (χ0v) is 17.2. The molecule has 0 amide bonds. The molecule has 0 radical (unpaired) electrons. The van der Waals surface area contributed by atoms with Crippen molar-refractivity contribution in [2.75, 3.05) is 64.4 Å². The van der Waals surface area contributed by atoms with Crippen molar-refractivity contribution in [2.24, 2.45) is 0 Å². The number of nitrogens with one attached hydrogen (secondary N) is 1. The molecular weight excluding hydrogens is 372 g/mol. The second-order valence-electron chi connectivity index (χ2n) is 8.43. The number of piperazine rings is 1. The SMILES string of the molecule is CN1CCC(NCC2OC(CO)C(O)C2N2CCN(c3ncccn3)CC2)CC1. The molecule has 0 aliphatic carbocycles. The molecule has 3 fully saturated rings. The molecule has 1 aromatic rings. The number of aromatic nitrogens is 2. The van der Waals surface area contributed by atoms with Gasteiger partial charge in [0, 0.05) is 51.2 Å². The Morgan fingerprint density at radius 3 is 2.41 bits per heavy atom. The minimum Gasteiger partial charge on any atom is -0.394 e. The summed E-state index contributed by atoms with van der Waals surface area (Å²) in [6.07, 6.45) is 4.48. The average Bonchev–Trinajstić information content (AvgIpc) is 3.09. The number of rotatable bonds is 6. The Hall–Kier alpha value is -1.36. The van der Waals surface area contributed by atoms with E-state index in [0.29, 0.717) is 12.6 Å². The van der Waals surface area contributed by atoms with Crippen LogP contribution in [0.5, 0.6) is 0 Å². The highest BCUT2D eigenvalue weighted by Gasteiger charge is 2.46. The molecule has 4 rings (SSSR count). The Bertz CT molecular complexity index is 622. The predicted octanol–water partition coefficient (Wildman–Crippen LogP) is -1.23. The van der Waals surface area contributed by atoms with E-state index in [0.717, 1.165) is 58.1 Å². The molecular formula is C20H34N6O3. The molecule has 4 unspecified atom stereocenters. The Kier molecular flexibility index (Phi) is 6.94. The van der Waals surface area contributed by atoms with Gasteiger partial charge in [0.05, 0.1) is 18.8 Å². The normalized spacial score (nSPS) is 32.7. The predicted molar refractivity (Wildman–Crippen MR) is 110 cm³/mol. The Labute approximate surface area is 172 Å². The zero-order chi connectivity index (χ0) is 20.2. The fourth-order valence-electron chi connectivity index (χ4n) is 4.77. The van der Waals surface area contributed by atoms with E-state index < -0.39 is 12.2 Å². The standard InChI is InChI=1S/C20H34N6O3/c1-24-7-3-15(4-8-24)23-13-16-18(19(28)17(14-27)29-16)25-9-11-26(12-10-25)20-21-5-2-6-22-20/h2,5-6,15-19,23,27-28H,3-4,7-14H2,1H3. The number of hydrogen-bond donors (Lipinski definition) is 3. The molecule has 3 aliphatic rings. The molecule has 162 valence electrons. The van der Waals surface area contributed by atoms with Crippen molar-refractivity contribution in [3.05, 3.63) is 18.5 Å². The zero-order valence-electron chi connectivity index (χ0n) is 17.2. The highest BCUT2D eigenvalue weighted by molar-refractivity contribution is 5.29. The third-order valence-corrected chi connectivity index (χ3v) is 6.54. The quantitative estimate of drug-likeness (QED) is 0.537. The van der Waals surface area contributed by atoms with Crippen LogP contribution in [0.25, 0.3) is 0 Å². The Balaban J connectivity index is 1.34. The number of aliphatic hydroxyl groups excluding tert-OH is 2. The molecule has 3 saturated heterocycles. The maximum absolute atomic E-state index is 10.8. The minimum atomic E-state index is -0.677. The molecule has 1 aromatic heterocycles. The number of nitrogens with zero attached hydrogens (tertiary/aromatic N) is 5. The highest BCUT2D eigenvalue weighted by Crippen LogP contribution is 2.27. The van der Waals surface area contributed by atoms with Crippen LogP contribution in [0.1, 0.15) is 12.8 Å². The number of aliphatic hydroxyl groups is 2. The summed E-state index contributed by atoms with van der Waals surface area (Å²) >= 11 is 0. The van der Waals surface area contributed by atoms with Crippen molar-refractivity contribution in [1.82, 2.24) is 25.1 Å². The minimum absolute atomic E-state index is 0.107. The number of hydrogen-bond acceptors (Lipinski definition) is 9. The van der Waals surface area contributed by atoms with Crippen LogP contribution in [-0.4, -0.2) is 120 Å². The van der Waals surface area contributed by atoms with Crippen LogP contribution in [0.2, 0.25) is 0 Å². The lowest BCUT2D eigenvalue weighted by molar-refractivity contribution is -0.0222. The molecule has 0 aromatic carbocycles. The largest absolute Gasteiger partial charge is 0.394 e. The lowest BCUT2D eigenvalue weighted by atomic mass is 10.0. The molecule has 4 atom stereocenters. The van der Waals surface area contributed by atoms with Gasteiger partial charge in [-0.1, -0.05) is 0 Å². The van der Waals surface area contributed by atoms with Crippen LogP contribution in [0.4, 0.5) is 5.95 Å². The van der Waals surface area contributed by atoms with Gasteiger partial charge < -0.3 is 30.1 Å². The van der Waals surface area contributed by atoms with Gasteiger partial charge in [0.1, 0.15) is 12.2 Å². The van der Waals surface area contributed by atoms with E-state index in [2.05, 4.69) is 37.0 Å². The van der Waals surface area contributed by atoms with Crippen LogP contribution < -0.4 is 10.2 Å². The molecule has 9 heteroatoms. The van der Waals surface area contributed by atoms with Gasteiger partial charge in [0.2, 0.25) is 5.95 Å². The van der Waals surface area contributed by atoms with E-state index in [9.17, 15) is 10.2 Å². The summed E-state index contributed by atoms with van der Waals surface area (Å²) in [7, 11) is 2.16. The first-order valence-electron chi connectivity index (χ1n) is 10.8. The summed E-state index contributed by atoms with van der Waals surface area (Å²) in [5.41, 5.74) is 0. The number of anilines is 1. The van der Waals surface area contributed by atoms with Crippen LogP contribution in [0, 0.1) is 0 Å². The van der Waals surface area contributed by atoms with Crippen molar-refractivity contribution >= 4 is 5.95 Å². The Morgan fingerprint density at radius 2 is 1.76 bits per heavy atom. The molecule has 0 spiro atoms. The number of likely N-dealkylation sites (tertiary alicyclic amines) is 1. The fourth-order valence-corrected chi connectivity index (χ4v) is 4.77. The molecule has 3 aliphatic heterocycles. The Morgan fingerprint density at radius 1 is 1.07 bits per heavy atom. The van der Waals surface area contributed by atoms with Gasteiger partial charge in [-0.05, 0) is 39.0 Å². The molecule has 4 heterocycles. The smallest absolute Gasteiger partial charge is 0.225 e. The van der Waals surface area contributed by atoms with Gasteiger partial charge in [-0.2, -0.15) is 0 Å². The second kappa shape index (κ2) is 9.63. The van der Waals surface area contributed by atoms with Gasteiger partial charge in [0.25, 0.3) is 0 Å². The monoisotopic (exact) mass is 406 g/mol. The first-order valence-corrected chi connectivity index (χ1v) is 10.8. The highest BCUT2D eigenvalue weighted by atomic mass is 16.5. The maximum Gasteiger partial charge on any atom is 0.225 e. The summed E-state index contributed by atoms with van der Waals surface area (Å²) in [5, 5.41) is 24.1. The van der Waals surface area contributed by atoms with Gasteiger partial charge in [-0.25, -0.2) is 9.97 Å². The van der Waals surface area contributed by atoms with Gasteiger partial charge in [-0.3, -0.25) is 4.90 Å². The maximum atomic E-state index is 10.8.